The highest BCUT2D eigenvalue weighted by Gasteiger charge is 2.14. The molecule has 0 bridgehead atoms. The molecular formula is C15H19FN2S. The molecule has 1 N–H and O–H groups in total. The van der Waals surface area contributed by atoms with E-state index in [1.165, 1.54) is 6.07 Å². The van der Waals surface area contributed by atoms with Gasteiger partial charge in [0.2, 0.25) is 0 Å². The second kappa shape index (κ2) is 6.78. The molecule has 1 heterocycles. The zero-order chi connectivity index (χ0) is 13.7. The predicted molar refractivity (Wildman–Crippen MR) is 78.0 cm³/mol. The molecule has 2 nitrogen and oxygen atoms in total. The lowest BCUT2D eigenvalue weighted by Gasteiger charge is -2.16. The summed E-state index contributed by atoms with van der Waals surface area (Å²) in [6, 6.07) is 6.95. The standard InChI is InChI=1S/C15H19FN2S/c1-3-7-17-14(15-10-19-11(2)18-15)9-12-5-4-6-13(16)8-12/h4-6,8,10,14,17H,3,7,9H2,1-2H3. The van der Waals surface area contributed by atoms with Crippen molar-refractivity contribution in [2.75, 3.05) is 6.54 Å². The van der Waals surface area contributed by atoms with Crippen molar-refractivity contribution in [1.82, 2.24) is 10.3 Å². The Kier molecular flexibility index (Phi) is 5.05. The van der Waals surface area contributed by atoms with E-state index >= 15 is 0 Å². The molecule has 2 rings (SSSR count). The van der Waals surface area contributed by atoms with Gasteiger partial charge in [-0.2, -0.15) is 0 Å². The average molecular weight is 278 g/mol. The van der Waals surface area contributed by atoms with Crippen LogP contribution in [0.25, 0.3) is 0 Å². The van der Waals surface area contributed by atoms with E-state index in [1.807, 2.05) is 13.0 Å². The van der Waals surface area contributed by atoms with E-state index in [4.69, 9.17) is 0 Å². The van der Waals surface area contributed by atoms with E-state index in [0.29, 0.717) is 0 Å². The SMILES string of the molecule is CCCNC(Cc1cccc(F)c1)c1csc(C)n1. The van der Waals surface area contributed by atoms with Gasteiger partial charge in [-0.25, -0.2) is 9.37 Å². The van der Waals surface area contributed by atoms with Gasteiger partial charge in [0.25, 0.3) is 0 Å². The van der Waals surface area contributed by atoms with Crippen molar-refractivity contribution in [3.05, 3.63) is 51.7 Å². The number of hydrogen-bond acceptors (Lipinski definition) is 3. The Bertz CT molecular complexity index is 524. The first-order valence-corrected chi connectivity index (χ1v) is 7.47. The summed E-state index contributed by atoms with van der Waals surface area (Å²) in [7, 11) is 0. The van der Waals surface area contributed by atoms with Gasteiger partial charge in [0.1, 0.15) is 5.82 Å². The lowest BCUT2D eigenvalue weighted by Crippen LogP contribution is -2.24. The summed E-state index contributed by atoms with van der Waals surface area (Å²) in [5.41, 5.74) is 2.06. The van der Waals surface area contributed by atoms with Crippen molar-refractivity contribution in [2.45, 2.75) is 32.7 Å². The third-order valence-electron chi connectivity index (χ3n) is 2.96. The summed E-state index contributed by atoms with van der Waals surface area (Å²) in [4.78, 5) is 4.54. The zero-order valence-electron chi connectivity index (χ0n) is 11.3. The molecule has 0 radical (unpaired) electrons. The zero-order valence-corrected chi connectivity index (χ0v) is 12.1. The summed E-state index contributed by atoms with van der Waals surface area (Å²) in [5.74, 6) is -0.179. The highest BCUT2D eigenvalue weighted by atomic mass is 32.1. The summed E-state index contributed by atoms with van der Waals surface area (Å²) in [5, 5.41) is 6.64. The maximum atomic E-state index is 13.2. The van der Waals surface area contributed by atoms with Crippen LogP contribution < -0.4 is 5.32 Å². The minimum absolute atomic E-state index is 0.159. The van der Waals surface area contributed by atoms with E-state index < -0.39 is 0 Å². The molecule has 1 aromatic carbocycles. The van der Waals surface area contributed by atoms with Crippen LogP contribution in [-0.2, 0) is 6.42 Å². The van der Waals surface area contributed by atoms with Crippen LogP contribution in [0.15, 0.2) is 29.6 Å². The van der Waals surface area contributed by atoms with Crippen molar-refractivity contribution in [3.63, 3.8) is 0 Å². The Balaban J connectivity index is 2.13. The Morgan fingerprint density at radius 2 is 2.26 bits per heavy atom. The third-order valence-corrected chi connectivity index (χ3v) is 3.76. The number of aryl methyl sites for hydroxylation is 1. The van der Waals surface area contributed by atoms with Crippen molar-refractivity contribution in [3.8, 4) is 0 Å². The molecule has 1 atom stereocenters. The van der Waals surface area contributed by atoms with Crippen molar-refractivity contribution < 1.29 is 4.39 Å². The Morgan fingerprint density at radius 1 is 1.42 bits per heavy atom. The first kappa shape index (κ1) is 14.2. The maximum Gasteiger partial charge on any atom is 0.123 e. The van der Waals surface area contributed by atoms with Gasteiger partial charge in [-0.1, -0.05) is 19.1 Å². The Morgan fingerprint density at radius 3 is 2.89 bits per heavy atom. The first-order chi connectivity index (χ1) is 9.19. The molecule has 2 aromatic rings. The molecule has 19 heavy (non-hydrogen) atoms. The summed E-state index contributed by atoms with van der Waals surface area (Å²) < 4.78 is 13.2. The van der Waals surface area contributed by atoms with Crippen molar-refractivity contribution in [1.29, 1.82) is 0 Å². The van der Waals surface area contributed by atoms with Gasteiger partial charge >= 0.3 is 0 Å². The smallest absolute Gasteiger partial charge is 0.123 e. The molecule has 0 amide bonds. The fourth-order valence-electron chi connectivity index (χ4n) is 2.04. The van der Waals surface area contributed by atoms with Crippen LogP contribution in [0.3, 0.4) is 0 Å². The number of halogens is 1. The van der Waals surface area contributed by atoms with Gasteiger partial charge in [-0.3, -0.25) is 0 Å². The van der Waals surface area contributed by atoms with Crippen LogP contribution in [-0.4, -0.2) is 11.5 Å². The molecule has 0 aliphatic rings. The van der Waals surface area contributed by atoms with Gasteiger partial charge in [0.15, 0.2) is 0 Å². The van der Waals surface area contributed by atoms with E-state index in [2.05, 4.69) is 22.6 Å². The molecule has 0 aliphatic heterocycles. The van der Waals surface area contributed by atoms with Gasteiger partial charge < -0.3 is 5.32 Å². The van der Waals surface area contributed by atoms with E-state index in [1.54, 1.807) is 23.5 Å². The van der Waals surface area contributed by atoms with Crippen molar-refractivity contribution in [2.24, 2.45) is 0 Å². The van der Waals surface area contributed by atoms with E-state index in [0.717, 1.165) is 35.7 Å². The number of nitrogens with one attached hydrogen (secondary N) is 1. The van der Waals surface area contributed by atoms with Crippen LogP contribution in [0.4, 0.5) is 4.39 Å². The minimum atomic E-state index is -0.179. The number of benzene rings is 1. The van der Waals surface area contributed by atoms with Crippen LogP contribution in [0, 0.1) is 12.7 Å². The molecule has 0 aliphatic carbocycles. The van der Waals surface area contributed by atoms with Gasteiger partial charge in [0, 0.05) is 5.38 Å². The topological polar surface area (TPSA) is 24.9 Å². The molecule has 102 valence electrons. The molecule has 0 saturated heterocycles. The third kappa shape index (κ3) is 4.11. The van der Waals surface area contributed by atoms with E-state index in [-0.39, 0.29) is 11.9 Å². The molecule has 0 fully saturated rings. The van der Waals surface area contributed by atoms with E-state index in [9.17, 15) is 4.39 Å². The summed E-state index contributed by atoms with van der Waals surface area (Å²) >= 11 is 1.65. The summed E-state index contributed by atoms with van der Waals surface area (Å²) in [6.45, 7) is 5.09. The number of aromatic nitrogens is 1. The predicted octanol–water partition coefficient (Wildman–Crippen LogP) is 3.87. The Hall–Kier alpha value is -1.26. The highest BCUT2D eigenvalue weighted by molar-refractivity contribution is 7.09. The lowest BCUT2D eigenvalue weighted by atomic mass is 10.0. The molecule has 0 spiro atoms. The molecular weight excluding hydrogens is 259 g/mol. The molecule has 1 aromatic heterocycles. The number of rotatable bonds is 6. The minimum Gasteiger partial charge on any atom is -0.308 e. The van der Waals surface area contributed by atoms with Gasteiger partial charge in [-0.05, 0) is 44.0 Å². The lowest BCUT2D eigenvalue weighted by molar-refractivity contribution is 0.517. The first-order valence-electron chi connectivity index (χ1n) is 6.59. The fourth-order valence-corrected chi connectivity index (χ4v) is 2.71. The van der Waals surface area contributed by atoms with Crippen LogP contribution in [0.5, 0.6) is 0 Å². The maximum absolute atomic E-state index is 13.2. The average Bonchev–Trinajstić information content (AvgIpc) is 2.81. The normalized spacial score (nSPS) is 12.6. The Labute approximate surface area is 117 Å². The largest absolute Gasteiger partial charge is 0.308 e. The second-order valence-electron chi connectivity index (χ2n) is 4.63. The van der Waals surface area contributed by atoms with Crippen LogP contribution in [0.1, 0.15) is 35.7 Å². The van der Waals surface area contributed by atoms with Gasteiger partial charge in [-0.15, -0.1) is 11.3 Å². The van der Waals surface area contributed by atoms with Gasteiger partial charge in [0.05, 0.1) is 16.7 Å². The quantitative estimate of drug-likeness (QED) is 0.867. The number of thiazole rings is 1. The number of nitrogens with zero attached hydrogens (tertiary/aromatic N) is 1. The van der Waals surface area contributed by atoms with Crippen molar-refractivity contribution >= 4 is 11.3 Å². The number of hydrogen-bond donors (Lipinski definition) is 1. The highest BCUT2D eigenvalue weighted by Crippen LogP contribution is 2.21. The molecule has 0 saturated carbocycles. The fraction of sp³-hybridized carbons (Fsp3) is 0.400. The van der Waals surface area contributed by atoms with Crippen LogP contribution in [0.2, 0.25) is 0 Å². The second-order valence-corrected chi connectivity index (χ2v) is 5.69. The van der Waals surface area contributed by atoms with Crippen LogP contribution >= 0.6 is 11.3 Å². The molecule has 4 heteroatoms. The monoisotopic (exact) mass is 278 g/mol. The molecule has 1 unspecified atom stereocenters. The summed E-state index contributed by atoms with van der Waals surface area (Å²) in [6.07, 6.45) is 1.84.